The van der Waals surface area contributed by atoms with E-state index in [9.17, 15) is 9.59 Å². The SMILES string of the molecule is CC[C@H](C)NC(=O)c1ccccc1NC(=O)c1ccccc1OC. The molecule has 0 aliphatic carbocycles. The second-order valence-corrected chi connectivity index (χ2v) is 5.48. The van der Waals surface area contributed by atoms with E-state index in [1.807, 2.05) is 13.8 Å². The lowest BCUT2D eigenvalue weighted by atomic mass is 10.1. The van der Waals surface area contributed by atoms with Gasteiger partial charge >= 0.3 is 0 Å². The molecule has 24 heavy (non-hydrogen) atoms. The Hall–Kier alpha value is -2.82. The number of hydrogen-bond donors (Lipinski definition) is 2. The summed E-state index contributed by atoms with van der Waals surface area (Å²) in [5.74, 6) is -0.0481. The predicted molar refractivity (Wildman–Crippen MR) is 94.6 cm³/mol. The first-order valence-electron chi connectivity index (χ1n) is 7.91. The van der Waals surface area contributed by atoms with Crippen molar-refractivity contribution < 1.29 is 14.3 Å². The lowest BCUT2D eigenvalue weighted by Crippen LogP contribution is -2.32. The van der Waals surface area contributed by atoms with Crippen molar-refractivity contribution in [1.29, 1.82) is 0 Å². The summed E-state index contributed by atoms with van der Waals surface area (Å²) in [5.41, 5.74) is 1.31. The summed E-state index contributed by atoms with van der Waals surface area (Å²) < 4.78 is 5.21. The first-order chi connectivity index (χ1) is 11.6. The molecule has 5 nitrogen and oxygen atoms in total. The zero-order valence-corrected chi connectivity index (χ0v) is 14.1. The molecule has 0 aliphatic heterocycles. The fraction of sp³-hybridized carbons (Fsp3) is 0.263. The Labute approximate surface area is 142 Å². The van der Waals surface area contributed by atoms with Crippen LogP contribution in [0.15, 0.2) is 48.5 Å². The molecule has 0 unspecified atom stereocenters. The number of benzene rings is 2. The molecule has 0 spiro atoms. The van der Waals surface area contributed by atoms with Gasteiger partial charge in [-0.05, 0) is 37.6 Å². The van der Waals surface area contributed by atoms with Gasteiger partial charge in [0.25, 0.3) is 11.8 Å². The van der Waals surface area contributed by atoms with Gasteiger partial charge in [0.05, 0.1) is 23.9 Å². The summed E-state index contributed by atoms with van der Waals surface area (Å²) >= 11 is 0. The first kappa shape index (κ1) is 17.5. The van der Waals surface area contributed by atoms with Gasteiger partial charge < -0.3 is 15.4 Å². The lowest BCUT2D eigenvalue weighted by molar-refractivity contribution is 0.0940. The second-order valence-electron chi connectivity index (χ2n) is 5.48. The van der Waals surface area contributed by atoms with Gasteiger partial charge in [0.15, 0.2) is 0 Å². The molecule has 0 fully saturated rings. The summed E-state index contributed by atoms with van der Waals surface area (Å²) in [5, 5.41) is 5.70. The maximum absolute atomic E-state index is 12.5. The third-order valence-corrected chi connectivity index (χ3v) is 3.76. The average Bonchev–Trinajstić information content (AvgIpc) is 2.61. The molecule has 0 bridgehead atoms. The van der Waals surface area contributed by atoms with Crippen LogP contribution in [0.2, 0.25) is 0 Å². The summed E-state index contributed by atoms with van der Waals surface area (Å²) in [7, 11) is 1.51. The minimum atomic E-state index is -0.323. The van der Waals surface area contributed by atoms with Gasteiger partial charge in [-0.3, -0.25) is 9.59 Å². The highest BCUT2D eigenvalue weighted by Gasteiger charge is 2.17. The molecule has 126 valence electrons. The van der Waals surface area contributed by atoms with Crippen LogP contribution in [0.5, 0.6) is 5.75 Å². The van der Waals surface area contributed by atoms with Crippen molar-refractivity contribution in [3.63, 3.8) is 0 Å². The normalized spacial score (nSPS) is 11.5. The van der Waals surface area contributed by atoms with E-state index in [1.54, 1.807) is 48.5 Å². The predicted octanol–water partition coefficient (Wildman–Crippen LogP) is 3.48. The van der Waals surface area contributed by atoms with Gasteiger partial charge in [-0.15, -0.1) is 0 Å². The van der Waals surface area contributed by atoms with Crippen molar-refractivity contribution >= 4 is 17.5 Å². The maximum atomic E-state index is 12.5. The Morgan fingerprint density at radius 3 is 2.29 bits per heavy atom. The fourth-order valence-electron chi connectivity index (χ4n) is 2.22. The molecule has 0 radical (unpaired) electrons. The number of rotatable bonds is 6. The van der Waals surface area contributed by atoms with Gasteiger partial charge in [-0.25, -0.2) is 0 Å². The number of carbonyl (C=O) groups excluding carboxylic acids is 2. The van der Waals surface area contributed by atoms with Crippen molar-refractivity contribution in [1.82, 2.24) is 5.32 Å². The van der Waals surface area contributed by atoms with Gasteiger partial charge in [0, 0.05) is 6.04 Å². The molecule has 5 heteroatoms. The van der Waals surface area contributed by atoms with Gasteiger partial charge in [0.2, 0.25) is 0 Å². The zero-order chi connectivity index (χ0) is 17.5. The summed E-state index contributed by atoms with van der Waals surface area (Å²) in [4.78, 5) is 24.9. The number of methoxy groups -OCH3 is 1. The Kier molecular flexibility index (Phi) is 5.95. The number of amides is 2. The first-order valence-corrected chi connectivity index (χ1v) is 7.91. The molecule has 1 atom stereocenters. The summed E-state index contributed by atoms with van der Waals surface area (Å²) in [6.45, 7) is 3.94. The van der Waals surface area contributed by atoms with E-state index in [-0.39, 0.29) is 17.9 Å². The van der Waals surface area contributed by atoms with Gasteiger partial charge in [0.1, 0.15) is 5.75 Å². The number of carbonyl (C=O) groups is 2. The maximum Gasteiger partial charge on any atom is 0.259 e. The molecule has 0 aliphatic rings. The highest BCUT2D eigenvalue weighted by atomic mass is 16.5. The third-order valence-electron chi connectivity index (χ3n) is 3.76. The molecule has 0 saturated carbocycles. The van der Waals surface area contributed by atoms with Gasteiger partial charge in [-0.1, -0.05) is 31.2 Å². The highest BCUT2D eigenvalue weighted by Crippen LogP contribution is 2.21. The van der Waals surface area contributed by atoms with Crippen LogP contribution in [0.4, 0.5) is 5.69 Å². The number of hydrogen-bond acceptors (Lipinski definition) is 3. The molecule has 0 heterocycles. The second kappa shape index (κ2) is 8.15. The fourth-order valence-corrected chi connectivity index (χ4v) is 2.22. The number of ether oxygens (including phenoxy) is 1. The Morgan fingerprint density at radius 1 is 1.00 bits per heavy atom. The molecular formula is C19H22N2O3. The molecule has 0 aromatic heterocycles. The standard InChI is InChI=1S/C19H22N2O3/c1-4-13(2)20-18(22)14-9-5-7-11-16(14)21-19(23)15-10-6-8-12-17(15)24-3/h5-13H,4H2,1-3H3,(H,20,22)(H,21,23)/t13-/m0/s1. The Bertz CT molecular complexity index is 728. The number of nitrogens with one attached hydrogen (secondary N) is 2. The summed E-state index contributed by atoms with van der Waals surface area (Å²) in [6, 6.07) is 14.0. The molecule has 2 N–H and O–H groups in total. The van der Waals surface area contributed by atoms with E-state index < -0.39 is 0 Å². The van der Waals surface area contributed by atoms with E-state index in [4.69, 9.17) is 4.74 Å². The van der Waals surface area contributed by atoms with Crippen molar-refractivity contribution in [3.8, 4) is 5.75 Å². The van der Waals surface area contributed by atoms with E-state index in [1.165, 1.54) is 7.11 Å². The number of anilines is 1. The smallest absolute Gasteiger partial charge is 0.259 e. The van der Waals surface area contributed by atoms with Crippen LogP contribution in [0.25, 0.3) is 0 Å². The molecular weight excluding hydrogens is 304 g/mol. The van der Waals surface area contributed by atoms with Crippen LogP contribution in [-0.4, -0.2) is 25.0 Å². The van der Waals surface area contributed by atoms with Crippen molar-refractivity contribution in [2.75, 3.05) is 12.4 Å². The van der Waals surface area contributed by atoms with E-state index in [2.05, 4.69) is 10.6 Å². The van der Waals surface area contributed by atoms with Crippen LogP contribution in [-0.2, 0) is 0 Å². The average molecular weight is 326 g/mol. The monoisotopic (exact) mass is 326 g/mol. The van der Waals surface area contributed by atoms with Crippen LogP contribution in [0, 0.1) is 0 Å². The third kappa shape index (κ3) is 4.13. The Balaban J connectivity index is 2.24. The highest BCUT2D eigenvalue weighted by molar-refractivity contribution is 6.10. The summed E-state index contributed by atoms with van der Waals surface area (Å²) in [6.07, 6.45) is 0.835. The minimum absolute atomic E-state index is 0.0653. The topological polar surface area (TPSA) is 67.4 Å². The van der Waals surface area contributed by atoms with Crippen LogP contribution >= 0.6 is 0 Å². The molecule has 2 amide bonds. The largest absolute Gasteiger partial charge is 0.496 e. The van der Waals surface area contributed by atoms with Crippen LogP contribution in [0.1, 0.15) is 41.0 Å². The quantitative estimate of drug-likeness (QED) is 0.854. The molecule has 2 rings (SSSR count). The minimum Gasteiger partial charge on any atom is -0.496 e. The van der Waals surface area contributed by atoms with Crippen molar-refractivity contribution in [3.05, 3.63) is 59.7 Å². The molecule has 2 aromatic rings. The van der Waals surface area contributed by atoms with Crippen LogP contribution in [0.3, 0.4) is 0 Å². The van der Waals surface area contributed by atoms with Crippen LogP contribution < -0.4 is 15.4 Å². The molecule has 2 aromatic carbocycles. The van der Waals surface area contributed by atoms with Crippen molar-refractivity contribution in [2.45, 2.75) is 26.3 Å². The van der Waals surface area contributed by atoms with E-state index >= 15 is 0 Å². The van der Waals surface area contributed by atoms with Gasteiger partial charge in [-0.2, -0.15) is 0 Å². The number of para-hydroxylation sites is 2. The van der Waals surface area contributed by atoms with Crippen molar-refractivity contribution in [2.24, 2.45) is 0 Å². The Morgan fingerprint density at radius 2 is 1.62 bits per heavy atom. The molecule has 0 saturated heterocycles. The zero-order valence-electron chi connectivity index (χ0n) is 14.1. The van der Waals surface area contributed by atoms with E-state index in [0.29, 0.717) is 22.6 Å². The lowest BCUT2D eigenvalue weighted by Gasteiger charge is -2.15. The van der Waals surface area contributed by atoms with E-state index in [0.717, 1.165) is 6.42 Å².